The molecule has 1 atom stereocenters. The molecule has 0 N–H and O–H groups in total. The average Bonchev–Trinajstić information content (AvgIpc) is 3.05. The van der Waals surface area contributed by atoms with Gasteiger partial charge in [-0.15, -0.1) is 0 Å². The quantitative estimate of drug-likeness (QED) is 0.538. The van der Waals surface area contributed by atoms with Gasteiger partial charge in [0.25, 0.3) is 0 Å². The molecule has 4 rings (SSSR count). The summed E-state index contributed by atoms with van der Waals surface area (Å²) in [7, 11) is 0. The molecule has 21 heavy (non-hydrogen) atoms. The molecule has 0 radical (unpaired) electrons. The standard InChI is InChI=1S/C11H6BrS.C5H5.2ClH.Zr/c12-8-1-2-9-7(5-8)6-11-10(9)3-4-13-11;1-2-4-5-3-1;;;/h1-6H;1-3H,4H2;2*1H;/q;;;;+2/p-2. The van der Waals surface area contributed by atoms with E-state index in [4.69, 9.17) is 0 Å². The van der Waals surface area contributed by atoms with Crippen molar-refractivity contribution in [1.29, 1.82) is 0 Å². The van der Waals surface area contributed by atoms with E-state index < -0.39 is 23.2 Å². The third kappa shape index (κ3) is 3.53. The second kappa shape index (κ2) is 7.36. The van der Waals surface area contributed by atoms with E-state index in [-0.39, 0.29) is 24.8 Å². The Morgan fingerprint density at radius 3 is 2.86 bits per heavy atom. The van der Waals surface area contributed by atoms with Gasteiger partial charge in [0.1, 0.15) is 0 Å². The minimum atomic E-state index is -0.446. The van der Waals surface area contributed by atoms with Crippen molar-refractivity contribution < 1.29 is 48.0 Å². The van der Waals surface area contributed by atoms with Crippen LogP contribution in [0, 0.1) is 0 Å². The van der Waals surface area contributed by atoms with E-state index >= 15 is 0 Å². The van der Waals surface area contributed by atoms with Crippen LogP contribution in [0.4, 0.5) is 0 Å². The molecule has 1 aromatic carbocycles. The molecule has 1 aromatic rings. The summed E-state index contributed by atoms with van der Waals surface area (Å²) in [6.45, 7) is 0. The molecule has 3 aliphatic rings. The van der Waals surface area contributed by atoms with Gasteiger partial charge in [0.05, 0.1) is 0 Å². The molecule has 0 saturated heterocycles. The first kappa shape index (κ1) is 17.8. The van der Waals surface area contributed by atoms with Crippen LogP contribution in [-0.4, -0.2) is 2.96 Å². The Labute approximate surface area is 161 Å². The van der Waals surface area contributed by atoms with Gasteiger partial charge in [-0.25, -0.2) is 0 Å². The van der Waals surface area contributed by atoms with Crippen molar-refractivity contribution in [3.63, 3.8) is 0 Å². The predicted octanol–water partition coefficient (Wildman–Crippen LogP) is -0.806. The number of benzene rings is 1. The van der Waals surface area contributed by atoms with Gasteiger partial charge in [-0.3, -0.25) is 0 Å². The average molecular weight is 477 g/mol. The number of thioether (sulfide) groups is 1. The Hall–Kier alpha value is 0.473. The van der Waals surface area contributed by atoms with Gasteiger partial charge in [-0.1, -0.05) is 0 Å². The van der Waals surface area contributed by atoms with Crippen LogP contribution in [0.25, 0.3) is 11.6 Å². The molecule has 0 spiro atoms. The summed E-state index contributed by atoms with van der Waals surface area (Å²) in [5, 5.41) is 0. The van der Waals surface area contributed by atoms with Crippen LogP contribution in [0.5, 0.6) is 0 Å². The second-order valence-corrected chi connectivity index (χ2v) is 11.8. The summed E-state index contributed by atoms with van der Waals surface area (Å²) in [5.74, 6) is 0. The third-order valence-corrected chi connectivity index (χ3v) is 9.50. The first-order valence-corrected chi connectivity index (χ1v) is 10.6. The summed E-state index contributed by atoms with van der Waals surface area (Å²) in [4.78, 5) is 1.49. The molecule has 0 aromatic heterocycles. The molecule has 1 aliphatic heterocycles. The molecule has 5 heteroatoms. The van der Waals surface area contributed by atoms with Crippen LogP contribution < -0.4 is 24.8 Å². The molecule has 0 fully saturated rings. The fourth-order valence-corrected chi connectivity index (χ4v) is 8.90. The zero-order chi connectivity index (χ0) is 12.8. The number of rotatable bonds is 2. The van der Waals surface area contributed by atoms with Crippen molar-refractivity contribution >= 4 is 39.3 Å². The zero-order valence-electron chi connectivity index (χ0n) is 10.9. The number of hydrogen-bond acceptors (Lipinski definition) is 1. The first-order valence-electron chi connectivity index (χ1n) is 6.32. The van der Waals surface area contributed by atoms with E-state index in [1.54, 1.807) is 3.28 Å². The van der Waals surface area contributed by atoms with Gasteiger partial charge in [0.2, 0.25) is 0 Å². The predicted molar refractivity (Wildman–Crippen MR) is 83.3 cm³/mol. The smallest absolute Gasteiger partial charge is 1.00 e. The maximum Gasteiger partial charge on any atom is -1.00 e. The normalized spacial score (nSPS) is 20.4. The molecule has 2 aliphatic carbocycles. The molecular weight excluding hydrogens is 466 g/mol. The Bertz CT molecular complexity index is 692. The second-order valence-electron chi connectivity index (χ2n) is 4.83. The van der Waals surface area contributed by atoms with Crippen LogP contribution in [0.2, 0.25) is 0 Å². The van der Waals surface area contributed by atoms with Crippen LogP contribution >= 0.6 is 27.7 Å². The summed E-state index contributed by atoms with van der Waals surface area (Å²) in [6.07, 6.45) is 13.0. The SMILES string of the molecule is Brc1ccc2c(c1)C=C1S[CH]([Zr+2][C]3=CC=CC3)C=C12.[Cl-].[Cl-]. The van der Waals surface area contributed by atoms with Crippen molar-refractivity contribution in [2.75, 3.05) is 0 Å². The molecule has 0 bridgehead atoms. The maximum absolute atomic E-state index is 3.55. The Morgan fingerprint density at radius 1 is 1.24 bits per heavy atom. The fourth-order valence-electron chi connectivity index (χ4n) is 2.65. The van der Waals surface area contributed by atoms with Crippen molar-refractivity contribution in [2.24, 2.45) is 0 Å². The van der Waals surface area contributed by atoms with E-state index in [0.717, 1.165) is 2.96 Å². The summed E-state index contributed by atoms with van der Waals surface area (Å²) < 4.78 is 3.69. The van der Waals surface area contributed by atoms with E-state index in [0.29, 0.717) is 0 Å². The Balaban J connectivity index is 0.000000807. The zero-order valence-corrected chi connectivity index (χ0v) is 17.3. The van der Waals surface area contributed by atoms with Gasteiger partial charge in [-0.2, -0.15) is 0 Å². The van der Waals surface area contributed by atoms with Crippen molar-refractivity contribution in [3.05, 3.63) is 66.3 Å². The van der Waals surface area contributed by atoms with Gasteiger partial charge in [0, 0.05) is 0 Å². The summed E-state index contributed by atoms with van der Waals surface area (Å²) in [6, 6.07) is 6.62. The minimum absolute atomic E-state index is 0. The van der Waals surface area contributed by atoms with E-state index in [1.165, 1.54) is 32.5 Å². The van der Waals surface area contributed by atoms with E-state index in [2.05, 4.69) is 76.3 Å². The first-order chi connectivity index (χ1) is 9.29. The monoisotopic (exact) mass is 474 g/mol. The number of allylic oxidation sites excluding steroid dienone is 5. The van der Waals surface area contributed by atoms with Crippen molar-refractivity contribution in [3.8, 4) is 0 Å². The summed E-state index contributed by atoms with van der Waals surface area (Å²) in [5.41, 5.74) is 4.28. The van der Waals surface area contributed by atoms with Crippen LogP contribution in [-0.2, 0) is 23.2 Å². The van der Waals surface area contributed by atoms with Gasteiger partial charge in [-0.05, 0) is 0 Å². The van der Waals surface area contributed by atoms with Crippen LogP contribution in [0.3, 0.4) is 0 Å². The number of halogens is 3. The van der Waals surface area contributed by atoms with Gasteiger partial charge < -0.3 is 24.8 Å². The van der Waals surface area contributed by atoms with Crippen molar-refractivity contribution in [1.82, 2.24) is 0 Å². The van der Waals surface area contributed by atoms with Gasteiger partial charge >= 0.3 is 138 Å². The molecule has 106 valence electrons. The number of hydrogen-bond donors (Lipinski definition) is 0. The topological polar surface area (TPSA) is 0 Å². The third-order valence-electron chi connectivity index (χ3n) is 3.53. The molecule has 0 saturated carbocycles. The van der Waals surface area contributed by atoms with E-state index in [1.807, 2.05) is 0 Å². The maximum atomic E-state index is 3.55. The number of fused-ring (bicyclic) bond motifs is 3. The van der Waals surface area contributed by atoms with Crippen LogP contribution in [0.1, 0.15) is 17.5 Å². The largest absolute Gasteiger partial charge is 1.00 e. The fraction of sp³-hybridized carbons (Fsp3) is 0.125. The molecule has 1 unspecified atom stereocenters. The molecule has 1 heterocycles. The Kier molecular flexibility index (Phi) is 6.25. The minimum Gasteiger partial charge on any atom is -1.00 e. The van der Waals surface area contributed by atoms with Gasteiger partial charge in [0.15, 0.2) is 0 Å². The Morgan fingerprint density at radius 2 is 2.10 bits per heavy atom. The molecule has 0 nitrogen and oxygen atoms in total. The summed E-state index contributed by atoms with van der Waals surface area (Å²) >= 11 is 5.20. The van der Waals surface area contributed by atoms with Crippen molar-refractivity contribution in [2.45, 2.75) is 9.38 Å². The molecular formula is C16H11BrCl2SZr. The van der Waals surface area contributed by atoms with E-state index in [9.17, 15) is 0 Å². The van der Waals surface area contributed by atoms with Crippen LogP contribution in [0.15, 0.2) is 55.2 Å². The molecule has 0 amide bonds.